The number of pyridine rings is 1. The molecule has 56 heavy (non-hydrogen) atoms. The molecular formula is C42H59N7O7. The highest BCUT2D eigenvalue weighted by atomic mass is 16.5. The molecule has 5 amide bonds. The van der Waals surface area contributed by atoms with E-state index in [1.54, 1.807) is 49.8 Å². The van der Waals surface area contributed by atoms with Gasteiger partial charge in [0, 0.05) is 50.5 Å². The van der Waals surface area contributed by atoms with Gasteiger partial charge in [0.1, 0.15) is 17.8 Å². The van der Waals surface area contributed by atoms with Crippen LogP contribution in [0.25, 0.3) is 0 Å². The molecule has 4 atom stereocenters. The average molecular weight is 774 g/mol. The summed E-state index contributed by atoms with van der Waals surface area (Å²) in [4.78, 5) is 61.6. The first-order valence-corrected chi connectivity index (χ1v) is 19.0. The number of carbonyl (C=O) groups is 4. The molecule has 0 unspecified atom stereocenters. The second kappa shape index (κ2) is 19.1. The first-order chi connectivity index (χ1) is 26.3. The number of nitrogens with one attached hydrogen (secondary N) is 3. The van der Waals surface area contributed by atoms with Crippen molar-refractivity contribution < 1.29 is 34.1 Å². The molecule has 0 spiro atoms. The van der Waals surface area contributed by atoms with E-state index in [1.165, 1.54) is 5.01 Å². The number of hydrazine groups is 1. The van der Waals surface area contributed by atoms with Crippen molar-refractivity contribution in [1.82, 2.24) is 35.9 Å². The van der Waals surface area contributed by atoms with Crippen LogP contribution in [-0.2, 0) is 29.0 Å². The van der Waals surface area contributed by atoms with Crippen molar-refractivity contribution >= 4 is 23.9 Å². The fourth-order valence-electron chi connectivity index (χ4n) is 6.93. The monoisotopic (exact) mass is 773 g/mol. The molecule has 304 valence electrons. The summed E-state index contributed by atoms with van der Waals surface area (Å²) in [5.74, 6) is -0.366. The second-order valence-electron chi connectivity index (χ2n) is 16.6. The number of hydrogen-bond donors (Lipinski definition) is 5. The molecule has 0 aliphatic carbocycles. The third-order valence-corrected chi connectivity index (χ3v) is 9.79. The van der Waals surface area contributed by atoms with Gasteiger partial charge < -0.3 is 35.4 Å². The summed E-state index contributed by atoms with van der Waals surface area (Å²) in [5, 5.41) is 28.5. The van der Waals surface area contributed by atoms with Crippen molar-refractivity contribution in [2.45, 2.75) is 92.1 Å². The zero-order chi connectivity index (χ0) is 41.2. The number of aliphatic hydroxyl groups is 1. The quantitative estimate of drug-likeness (QED) is 0.125. The first-order valence-electron chi connectivity index (χ1n) is 19.0. The van der Waals surface area contributed by atoms with Gasteiger partial charge >= 0.3 is 12.1 Å². The Balaban J connectivity index is 1.59. The van der Waals surface area contributed by atoms with Gasteiger partial charge in [0.05, 0.1) is 19.3 Å². The molecule has 1 aliphatic heterocycles. The van der Waals surface area contributed by atoms with Gasteiger partial charge in [-0.15, -0.1) is 0 Å². The first kappa shape index (κ1) is 43.5. The minimum Gasteiger partial charge on any atom is -0.497 e. The number of urea groups is 1. The molecule has 0 radical (unpaired) electrons. The maximum absolute atomic E-state index is 14.5. The number of carbonyl (C=O) groups excluding carboxylic acids is 3. The fourth-order valence-corrected chi connectivity index (χ4v) is 6.93. The number of ether oxygens (including phenoxy) is 1. The lowest BCUT2D eigenvalue weighted by Crippen LogP contribution is -2.61. The van der Waals surface area contributed by atoms with Crippen LogP contribution in [0.3, 0.4) is 0 Å². The molecule has 14 heteroatoms. The number of rotatable bonds is 17. The Hall–Kier alpha value is -5.21. The van der Waals surface area contributed by atoms with E-state index in [2.05, 4.69) is 21.0 Å². The summed E-state index contributed by atoms with van der Waals surface area (Å²) < 4.78 is 5.30. The third kappa shape index (κ3) is 12.4. The number of aryl methyl sites for hydroxylation is 1. The van der Waals surface area contributed by atoms with Crippen LogP contribution in [-0.4, -0.2) is 111 Å². The maximum atomic E-state index is 14.5. The van der Waals surface area contributed by atoms with Crippen LogP contribution >= 0.6 is 0 Å². The Labute approximate surface area is 330 Å². The zero-order valence-corrected chi connectivity index (χ0v) is 33.9. The predicted octanol–water partition coefficient (Wildman–Crippen LogP) is 4.40. The largest absolute Gasteiger partial charge is 0.497 e. The molecule has 3 aromatic rings. The van der Waals surface area contributed by atoms with Gasteiger partial charge in [-0.05, 0) is 59.6 Å². The second-order valence-corrected chi connectivity index (χ2v) is 16.6. The highest BCUT2D eigenvalue weighted by Crippen LogP contribution is 2.29. The van der Waals surface area contributed by atoms with Crippen LogP contribution in [0, 0.1) is 17.8 Å². The summed E-state index contributed by atoms with van der Waals surface area (Å²) >= 11 is 0. The predicted molar refractivity (Wildman–Crippen MR) is 214 cm³/mol. The average Bonchev–Trinajstić information content (AvgIpc) is 3.47. The third-order valence-electron chi connectivity index (χ3n) is 9.79. The summed E-state index contributed by atoms with van der Waals surface area (Å²) in [7, 11) is 1.56. The number of aromatic nitrogens is 1. The Morgan fingerprint density at radius 2 is 1.55 bits per heavy atom. The number of methoxy groups -OCH3 is 1. The van der Waals surface area contributed by atoms with Gasteiger partial charge in [-0.25, -0.2) is 14.6 Å². The fraction of sp³-hybridized carbons (Fsp3) is 0.500. The molecule has 5 N–H and O–H groups in total. The van der Waals surface area contributed by atoms with E-state index < -0.39 is 53.0 Å². The molecule has 2 heterocycles. The van der Waals surface area contributed by atoms with Crippen LogP contribution in [0.4, 0.5) is 9.59 Å². The van der Waals surface area contributed by atoms with Crippen molar-refractivity contribution in [3.05, 3.63) is 95.3 Å². The standard InChI is InChI=1S/C42H59N7O7/c1-28-13-12-16-31(43-28)21-22-47-23-24-49(40(47)55)36(42(5,6)7)38(52)44-33(25-29-14-10-9-11-15-29)34(50)27-48(26-30-17-19-32(56-8)20-18-30)46-37(51)35(41(2,3)4)45-39(53)54/h9-20,33-36,45,50H,21-27H2,1-8H3,(H,44,52)(H,46,51)(H,53,54)/t33-,34-,35+,36+/m0/s1. The van der Waals surface area contributed by atoms with E-state index >= 15 is 0 Å². The molecular weight excluding hydrogens is 715 g/mol. The lowest BCUT2D eigenvalue weighted by atomic mass is 9.84. The van der Waals surface area contributed by atoms with E-state index in [1.807, 2.05) is 88.4 Å². The Kier molecular flexibility index (Phi) is 14.8. The van der Waals surface area contributed by atoms with Gasteiger partial charge in [-0.1, -0.05) is 90.1 Å². The lowest BCUT2D eigenvalue weighted by Gasteiger charge is -2.38. The van der Waals surface area contributed by atoms with Crippen LogP contribution in [0.1, 0.15) is 64.1 Å². The smallest absolute Gasteiger partial charge is 0.405 e. The molecule has 0 bridgehead atoms. The normalized spacial score (nSPS) is 15.6. The number of hydrogen-bond acceptors (Lipinski definition) is 8. The SMILES string of the molecule is COc1ccc(CN(C[C@H](O)[C@H](Cc2ccccc2)NC(=O)[C@@H](N2CCN(CCc3cccc(C)n3)C2=O)C(C)(C)C)NC(=O)[C@@H](NC(=O)O)C(C)(C)C)cc1. The summed E-state index contributed by atoms with van der Waals surface area (Å²) in [6, 6.07) is 19.4. The number of benzene rings is 2. The minimum atomic E-state index is -1.34. The van der Waals surface area contributed by atoms with Crippen molar-refractivity contribution in [3.63, 3.8) is 0 Å². The molecule has 1 saturated heterocycles. The van der Waals surface area contributed by atoms with Gasteiger partial charge in [0.25, 0.3) is 5.91 Å². The number of amides is 5. The van der Waals surface area contributed by atoms with Crippen LogP contribution in [0.5, 0.6) is 5.75 Å². The highest BCUT2D eigenvalue weighted by molar-refractivity contribution is 5.89. The van der Waals surface area contributed by atoms with Gasteiger partial charge in [0.2, 0.25) is 5.91 Å². The maximum Gasteiger partial charge on any atom is 0.405 e. The van der Waals surface area contributed by atoms with E-state index in [0.717, 1.165) is 22.5 Å². The lowest BCUT2D eigenvalue weighted by molar-refractivity contribution is -0.133. The van der Waals surface area contributed by atoms with Crippen LogP contribution < -0.4 is 20.8 Å². The van der Waals surface area contributed by atoms with E-state index in [0.29, 0.717) is 31.8 Å². The molecule has 14 nitrogen and oxygen atoms in total. The Morgan fingerprint density at radius 1 is 0.875 bits per heavy atom. The van der Waals surface area contributed by atoms with Crippen LogP contribution in [0.2, 0.25) is 0 Å². The molecule has 2 aromatic carbocycles. The number of nitrogens with zero attached hydrogens (tertiary/aromatic N) is 4. The topological polar surface area (TPSA) is 177 Å². The van der Waals surface area contributed by atoms with Crippen molar-refractivity contribution in [2.75, 3.05) is 33.3 Å². The molecule has 1 aliphatic rings. The number of carboxylic acid groups (broad SMARTS) is 1. The van der Waals surface area contributed by atoms with E-state index in [-0.39, 0.29) is 25.5 Å². The summed E-state index contributed by atoms with van der Waals surface area (Å²) in [6.07, 6.45) is -1.73. The van der Waals surface area contributed by atoms with Crippen molar-refractivity contribution in [2.24, 2.45) is 10.8 Å². The Morgan fingerprint density at radius 3 is 2.14 bits per heavy atom. The number of aliphatic hydroxyl groups excluding tert-OH is 1. The van der Waals surface area contributed by atoms with E-state index in [9.17, 15) is 29.4 Å². The Bertz CT molecular complexity index is 1780. The van der Waals surface area contributed by atoms with Crippen molar-refractivity contribution in [1.29, 1.82) is 0 Å². The van der Waals surface area contributed by atoms with Crippen molar-refractivity contribution in [3.8, 4) is 5.75 Å². The molecule has 0 saturated carbocycles. The van der Waals surface area contributed by atoms with E-state index in [4.69, 9.17) is 4.74 Å². The summed E-state index contributed by atoms with van der Waals surface area (Å²) in [6.45, 7) is 14.2. The van der Waals surface area contributed by atoms with Gasteiger partial charge in [-0.2, -0.15) is 0 Å². The summed E-state index contributed by atoms with van der Waals surface area (Å²) in [5.41, 5.74) is 4.84. The van der Waals surface area contributed by atoms with Gasteiger partial charge in [-0.3, -0.25) is 20.0 Å². The molecule has 1 fully saturated rings. The molecule has 4 rings (SSSR count). The minimum absolute atomic E-state index is 0.136. The highest BCUT2D eigenvalue weighted by Gasteiger charge is 2.44. The van der Waals surface area contributed by atoms with Gasteiger partial charge in [0.15, 0.2) is 0 Å². The zero-order valence-electron chi connectivity index (χ0n) is 33.9. The molecule has 1 aromatic heterocycles. The van der Waals surface area contributed by atoms with Crippen LogP contribution in [0.15, 0.2) is 72.8 Å².